The van der Waals surface area contributed by atoms with Gasteiger partial charge in [0.1, 0.15) is 5.76 Å². The van der Waals surface area contributed by atoms with Crippen LogP contribution < -0.4 is 5.32 Å². The highest BCUT2D eigenvalue weighted by atomic mass is 32.2. The van der Waals surface area contributed by atoms with Crippen molar-refractivity contribution in [1.82, 2.24) is 4.90 Å². The number of carbonyl (C=O) groups is 3. The Labute approximate surface area is 196 Å². The Bertz CT molecular complexity index is 1390. The van der Waals surface area contributed by atoms with Crippen molar-refractivity contribution in [2.75, 3.05) is 5.32 Å². The molecule has 0 unspecified atom stereocenters. The third-order valence-corrected chi connectivity index (χ3v) is 8.55. The zero-order valence-electron chi connectivity index (χ0n) is 18.2. The van der Waals surface area contributed by atoms with E-state index in [2.05, 4.69) is 5.32 Å². The Hall–Kier alpha value is -3.72. The van der Waals surface area contributed by atoms with E-state index in [1.807, 2.05) is 0 Å². The predicted octanol–water partition coefficient (Wildman–Crippen LogP) is 4.04. The summed E-state index contributed by atoms with van der Waals surface area (Å²) in [5.41, 5.74) is 0.884. The molecule has 3 amide bonds. The number of imide groups is 1. The number of fused-ring (bicyclic) bond motifs is 1. The van der Waals surface area contributed by atoms with E-state index in [-0.39, 0.29) is 33.4 Å². The van der Waals surface area contributed by atoms with Crippen LogP contribution in [0.15, 0.2) is 70.2 Å². The van der Waals surface area contributed by atoms with Gasteiger partial charge in [0.05, 0.1) is 34.1 Å². The molecule has 0 atom stereocenters. The van der Waals surface area contributed by atoms with E-state index < -0.39 is 27.6 Å². The van der Waals surface area contributed by atoms with Crippen LogP contribution in [0.3, 0.4) is 0 Å². The third kappa shape index (κ3) is 3.92. The van der Waals surface area contributed by atoms with Crippen molar-refractivity contribution in [3.8, 4) is 0 Å². The highest BCUT2D eigenvalue weighted by molar-refractivity contribution is 7.92. The number of nitrogens with zero attached hydrogens (tertiary/aromatic N) is 1. The van der Waals surface area contributed by atoms with Gasteiger partial charge in [0.2, 0.25) is 0 Å². The molecule has 9 heteroatoms. The van der Waals surface area contributed by atoms with E-state index >= 15 is 0 Å². The number of sulfone groups is 1. The van der Waals surface area contributed by atoms with Gasteiger partial charge in [0, 0.05) is 11.3 Å². The molecule has 174 valence electrons. The third-order valence-electron chi connectivity index (χ3n) is 6.29. The molecule has 1 aliphatic heterocycles. The molecule has 2 aromatic carbocycles. The predicted molar refractivity (Wildman–Crippen MR) is 123 cm³/mol. The molecule has 1 aliphatic carbocycles. The molecule has 0 saturated heterocycles. The molecule has 0 bridgehead atoms. The average molecular weight is 479 g/mol. The zero-order chi connectivity index (χ0) is 23.9. The molecule has 1 saturated carbocycles. The maximum atomic E-state index is 12.9. The fourth-order valence-electron chi connectivity index (χ4n) is 4.48. The molecule has 3 aromatic rings. The van der Waals surface area contributed by atoms with Gasteiger partial charge < -0.3 is 9.73 Å². The first-order chi connectivity index (χ1) is 16.3. The summed E-state index contributed by atoms with van der Waals surface area (Å²) in [5.74, 6) is -0.994. The summed E-state index contributed by atoms with van der Waals surface area (Å²) in [4.78, 5) is 39.6. The van der Waals surface area contributed by atoms with E-state index in [1.54, 1.807) is 24.3 Å². The number of anilines is 1. The summed E-state index contributed by atoms with van der Waals surface area (Å²) in [5, 5.41) is 2.31. The van der Waals surface area contributed by atoms with E-state index in [0.717, 1.165) is 17.7 Å². The summed E-state index contributed by atoms with van der Waals surface area (Å²) in [7, 11) is -3.46. The van der Waals surface area contributed by atoms with E-state index in [9.17, 15) is 22.8 Å². The molecule has 5 rings (SSSR count). The van der Waals surface area contributed by atoms with Gasteiger partial charge in [-0.2, -0.15) is 0 Å². The van der Waals surface area contributed by atoms with Crippen LogP contribution in [0.1, 0.15) is 62.5 Å². The monoisotopic (exact) mass is 478 g/mol. The van der Waals surface area contributed by atoms with Gasteiger partial charge >= 0.3 is 0 Å². The minimum Gasteiger partial charge on any atom is -0.467 e. The fourth-order valence-corrected chi connectivity index (χ4v) is 6.38. The number of furan rings is 1. The van der Waals surface area contributed by atoms with Crippen molar-refractivity contribution in [2.24, 2.45) is 0 Å². The van der Waals surface area contributed by atoms with Crippen LogP contribution in [0.4, 0.5) is 5.69 Å². The number of rotatable bonds is 6. The van der Waals surface area contributed by atoms with Crippen molar-refractivity contribution in [3.63, 3.8) is 0 Å². The first-order valence-electron chi connectivity index (χ1n) is 11.0. The highest BCUT2D eigenvalue weighted by Crippen LogP contribution is 2.31. The topological polar surface area (TPSA) is 114 Å². The van der Waals surface area contributed by atoms with Crippen molar-refractivity contribution in [2.45, 2.75) is 42.4 Å². The van der Waals surface area contributed by atoms with Gasteiger partial charge in [0.15, 0.2) is 9.84 Å². The van der Waals surface area contributed by atoms with Crippen LogP contribution in [-0.2, 0) is 16.4 Å². The molecule has 2 aliphatic rings. The number of hydrogen-bond donors (Lipinski definition) is 1. The number of hydrogen-bond acceptors (Lipinski definition) is 6. The fraction of sp³-hybridized carbons (Fsp3) is 0.240. The molecule has 1 aromatic heterocycles. The SMILES string of the molecule is O=C(Nc1cccc(S(=O)(=O)C2CCCC2)c1)c1ccc2c(c1)C(=O)N(Cc1ccco1)C2=O. The average Bonchev–Trinajstić information content (AvgIpc) is 3.59. The number of carbonyl (C=O) groups excluding carboxylic acids is 3. The maximum absolute atomic E-state index is 12.9. The van der Waals surface area contributed by atoms with Gasteiger partial charge in [-0.25, -0.2) is 8.42 Å². The summed E-state index contributed by atoms with van der Waals surface area (Å²) in [6.45, 7) is 0.00311. The quantitative estimate of drug-likeness (QED) is 0.535. The summed E-state index contributed by atoms with van der Waals surface area (Å²) in [6, 6.07) is 13.8. The first-order valence-corrected chi connectivity index (χ1v) is 12.6. The Balaban J connectivity index is 1.35. The van der Waals surface area contributed by atoms with Crippen LogP contribution in [-0.4, -0.2) is 36.3 Å². The van der Waals surface area contributed by atoms with Crippen LogP contribution in [0.25, 0.3) is 0 Å². The van der Waals surface area contributed by atoms with E-state index in [4.69, 9.17) is 4.42 Å². The van der Waals surface area contributed by atoms with Crippen molar-refractivity contribution in [3.05, 3.63) is 83.3 Å². The van der Waals surface area contributed by atoms with Crippen molar-refractivity contribution < 1.29 is 27.2 Å². The van der Waals surface area contributed by atoms with Crippen molar-refractivity contribution in [1.29, 1.82) is 0 Å². The van der Waals surface area contributed by atoms with Gasteiger partial charge in [0.25, 0.3) is 17.7 Å². The van der Waals surface area contributed by atoms with E-state index in [0.29, 0.717) is 24.3 Å². The normalized spacial score (nSPS) is 16.2. The highest BCUT2D eigenvalue weighted by Gasteiger charge is 2.36. The Morgan fingerprint density at radius 2 is 1.74 bits per heavy atom. The molecule has 1 fully saturated rings. The lowest BCUT2D eigenvalue weighted by atomic mass is 10.1. The second-order valence-electron chi connectivity index (χ2n) is 8.47. The largest absolute Gasteiger partial charge is 0.467 e. The molecular formula is C25H22N2O6S. The summed E-state index contributed by atoms with van der Waals surface area (Å²) < 4.78 is 31.0. The first kappa shape index (κ1) is 22.1. The second kappa shape index (κ2) is 8.57. The summed E-state index contributed by atoms with van der Waals surface area (Å²) in [6.07, 6.45) is 4.57. The number of amides is 3. The lowest BCUT2D eigenvalue weighted by molar-refractivity contribution is 0.0631. The molecule has 0 radical (unpaired) electrons. The van der Waals surface area contributed by atoms with Gasteiger partial charge in [-0.05, 0) is 61.4 Å². The number of benzene rings is 2. The van der Waals surface area contributed by atoms with Crippen LogP contribution in [0.5, 0.6) is 0 Å². The zero-order valence-corrected chi connectivity index (χ0v) is 19.0. The van der Waals surface area contributed by atoms with Gasteiger partial charge in [-0.1, -0.05) is 18.9 Å². The molecule has 0 spiro atoms. The minimum absolute atomic E-state index is 0.00311. The summed E-state index contributed by atoms with van der Waals surface area (Å²) >= 11 is 0. The van der Waals surface area contributed by atoms with Crippen molar-refractivity contribution >= 4 is 33.2 Å². The lowest BCUT2D eigenvalue weighted by Crippen LogP contribution is -2.28. The minimum atomic E-state index is -3.46. The van der Waals surface area contributed by atoms with Gasteiger partial charge in [-0.3, -0.25) is 19.3 Å². The molecular weight excluding hydrogens is 456 g/mol. The van der Waals surface area contributed by atoms with Crippen LogP contribution >= 0.6 is 0 Å². The Morgan fingerprint density at radius 3 is 2.47 bits per heavy atom. The molecule has 34 heavy (non-hydrogen) atoms. The maximum Gasteiger partial charge on any atom is 0.261 e. The molecule has 1 N–H and O–H groups in total. The second-order valence-corrected chi connectivity index (χ2v) is 10.7. The van der Waals surface area contributed by atoms with Gasteiger partial charge in [-0.15, -0.1) is 0 Å². The standard InChI is InChI=1S/C25H22N2O6S/c28-23(26-17-5-3-9-20(14-17)34(31,32)19-7-1-2-8-19)16-10-11-21-22(13-16)25(30)27(24(21)29)15-18-6-4-12-33-18/h3-6,9-14,19H,1-2,7-8,15H2,(H,26,28). The van der Waals surface area contributed by atoms with Crippen LogP contribution in [0.2, 0.25) is 0 Å². The Morgan fingerprint density at radius 1 is 0.971 bits per heavy atom. The van der Waals surface area contributed by atoms with Crippen LogP contribution in [0, 0.1) is 0 Å². The number of nitrogens with one attached hydrogen (secondary N) is 1. The molecule has 8 nitrogen and oxygen atoms in total. The lowest BCUT2D eigenvalue weighted by Gasteiger charge is -2.13. The smallest absolute Gasteiger partial charge is 0.261 e. The molecule has 2 heterocycles. The Kier molecular flexibility index (Phi) is 5.57. The van der Waals surface area contributed by atoms with E-state index in [1.165, 1.54) is 36.6 Å².